The lowest BCUT2D eigenvalue weighted by atomic mass is 10.2. The molecule has 0 aliphatic carbocycles. The largest absolute Gasteiger partial charge is 0.478 e. The second kappa shape index (κ2) is 7.84. The number of amides is 1. The molecule has 2 N–H and O–H groups in total. The second-order valence-corrected chi connectivity index (χ2v) is 4.85. The van der Waals surface area contributed by atoms with Gasteiger partial charge in [-0.25, -0.2) is 4.79 Å². The first-order valence-corrected chi connectivity index (χ1v) is 7.23. The van der Waals surface area contributed by atoms with E-state index in [1.807, 2.05) is 6.92 Å². The fraction of sp³-hybridized carbons (Fsp3) is 0.176. The molecule has 0 atom stereocenters. The maximum Gasteiger partial charge on any atom is 0.335 e. The van der Waals surface area contributed by atoms with Crippen LogP contribution in [0.1, 0.15) is 34.1 Å². The first-order chi connectivity index (χ1) is 11.1. The molecular weight excluding hydrogens is 294 g/mol. The number of nitrogens with one attached hydrogen (secondary N) is 1. The molecule has 23 heavy (non-hydrogen) atoms. The minimum Gasteiger partial charge on any atom is -0.478 e. The summed E-state index contributed by atoms with van der Waals surface area (Å²) in [5, 5.41) is 19.7. The van der Waals surface area contributed by atoms with Gasteiger partial charge in [-0.05, 0) is 55.0 Å². The third-order valence-corrected chi connectivity index (χ3v) is 3.06. The number of rotatable bonds is 6. The van der Waals surface area contributed by atoms with Gasteiger partial charge in [-0.1, -0.05) is 6.92 Å². The Balaban J connectivity index is 2.02. The number of hydrogen-bond donors (Lipinski definition) is 2. The molecule has 1 amide bonds. The van der Waals surface area contributed by atoms with Crippen molar-refractivity contribution in [3.8, 4) is 0 Å². The molecule has 118 valence electrons. The fourth-order valence-corrected chi connectivity index (χ4v) is 1.81. The van der Waals surface area contributed by atoms with Gasteiger partial charge in [0.2, 0.25) is 0 Å². The molecule has 0 aromatic heterocycles. The molecule has 6 nitrogen and oxygen atoms in total. The zero-order chi connectivity index (χ0) is 16.7. The zero-order valence-electron chi connectivity index (χ0n) is 12.7. The number of benzene rings is 2. The lowest BCUT2D eigenvalue weighted by Crippen LogP contribution is -2.23. The van der Waals surface area contributed by atoms with Crippen molar-refractivity contribution in [3.63, 3.8) is 0 Å². The zero-order valence-corrected chi connectivity index (χ0v) is 12.7. The number of carboxylic acids is 1. The number of hydrogen-bond acceptors (Lipinski definition) is 4. The molecule has 0 aliphatic rings. The summed E-state index contributed by atoms with van der Waals surface area (Å²) in [6.07, 6.45) is 0.888. The highest BCUT2D eigenvalue weighted by molar-refractivity contribution is 5.94. The number of carbonyl (C=O) groups excluding carboxylic acids is 1. The van der Waals surface area contributed by atoms with Crippen molar-refractivity contribution >= 4 is 23.3 Å². The van der Waals surface area contributed by atoms with Crippen molar-refractivity contribution in [1.82, 2.24) is 5.32 Å². The van der Waals surface area contributed by atoms with Crippen LogP contribution in [-0.4, -0.2) is 23.5 Å². The number of carboxylic acid groups (broad SMARTS) is 1. The molecule has 2 aromatic carbocycles. The van der Waals surface area contributed by atoms with Crippen molar-refractivity contribution in [2.75, 3.05) is 6.54 Å². The van der Waals surface area contributed by atoms with Crippen molar-refractivity contribution in [2.24, 2.45) is 10.2 Å². The molecule has 0 unspecified atom stereocenters. The summed E-state index contributed by atoms with van der Waals surface area (Å²) in [6.45, 7) is 2.64. The van der Waals surface area contributed by atoms with Gasteiger partial charge in [-0.3, -0.25) is 4.79 Å². The van der Waals surface area contributed by atoms with E-state index in [0.717, 1.165) is 6.42 Å². The van der Waals surface area contributed by atoms with Crippen molar-refractivity contribution in [2.45, 2.75) is 13.3 Å². The first-order valence-electron chi connectivity index (χ1n) is 7.23. The fourth-order valence-electron chi connectivity index (χ4n) is 1.81. The van der Waals surface area contributed by atoms with Crippen LogP contribution in [0.4, 0.5) is 11.4 Å². The van der Waals surface area contributed by atoms with Crippen molar-refractivity contribution in [1.29, 1.82) is 0 Å². The maximum atomic E-state index is 11.8. The summed E-state index contributed by atoms with van der Waals surface area (Å²) in [4.78, 5) is 22.5. The van der Waals surface area contributed by atoms with Crippen LogP contribution in [0.25, 0.3) is 0 Å². The van der Waals surface area contributed by atoms with Gasteiger partial charge < -0.3 is 10.4 Å². The van der Waals surface area contributed by atoms with Crippen LogP contribution in [-0.2, 0) is 0 Å². The van der Waals surface area contributed by atoms with E-state index in [9.17, 15) is 9.59 Å². The Bertz CT molecular complexity index is 707. The third-order valence-electron chi connectivity index (χ3n) is 3.06. The van der Waals surface area contributed by atoms with E-state index < -0.39 is 5.97 Å². The Hall–Kier alpha value is -3.02. The van der Waals surface area contributed by atoms with Gasteiger partial charge in [0.25, 0.3) is 5.91 Å². The highest BCUT2D eigenvalue weighted by atomic mass is 16.4. The normalized spacial score (nSPS) is 10.7. The van der Waals surface area contributed by atoms with Crippen LogP contribution in [0, 0.1) is 0 Å². The second-order valence-electron chi connectivity index (χ2n) is 4.85. The van der Waals surface area contributed by atoms with E-state index >= 15 is 0 Å². The lowest BCUT2D eigenvalue weighted by Gasteiger charge is -2.03. The minimum atomic E-state index is -0.981. The summed E-state index contributed by atoms with van der Waals surface area (Å²) in [5.74, 6) is -1.09. The van der Waals surface area contributed by atoms with Crippen LogP contribution in [0.3, 0.4) is 0 Å². The number of carbonyl (C=O) groups is 2. The summed E-state index contributed by atoms with van der Waals surface area (Å²) >= 11 is 0. The number of azo groups is 1. The molecule has 0 fully saturated rings. The summed E-state index contributed by atoms with van der Waals surface area (Å²) in [6, 6.07) is 12.9. The van der Waals surface area contributed by atoms with Crippen LogP contribution in [0.2, 0.25) is 0 Å². The predicted octanol–water partition coefficient (Wildman–Crippen LogP) is 3.94. The monoisotopic (exact) mass is 311 g/mol. The minimum absolute atomic E-state index is 0.111. The van der Waals surface area contributed by atoms with E-state index in [1.54, 1.807) is 36.4 Å². The van der Waals surface area contributed by atoms with E-state index in [1.165, 1.54) is 12.1 Å². The van der Waals surface area contributed by atoms with Gasteiger partial charge in [-0.2, -0.15) is 10.2 Å². The molecule has 0 heterocycles. The molecule has 0 radical (unpaired) electrons. The highest BCUT2D eigenvalue weighted by Crippen LogP contribution is 2.19. The SMILES string of the molecule is CCCNC(=O)c1ccc(/N=N/c2ccc(C(=O)O)cc2)cc1. The number of aromatic carboxylic acids is 1. The number of nitrogens with zero attached hydrogens (tertiary/aromatic N) is 2. The molecule has 6 heteroatoms. The molecule has 0 aliphatic heterocycles. The van der Waals surface area contributed by atoms with Gasteiger partial charge in [0.15, 0.2) is 0 Å². The van der Waals surface area contributed by atoms with Crippen LogP contribution in [0.5, 0.6) is 0 Å². The molecular formula is C17H17N3O3. The summed E-state index contributed by atoms with van der Waals surface area (Å²) < 4.78 is 0. The van der Waals surface area contributed by atoms with Gasteiger partial charge in [0.05, 0.1) is 16.9 Å². The smallest absolute Gasteiger partial charge is 0.335 e. The average Bonchev–Trinajstić information content (AvgIpc) is 2.58. The summed E-state index contributed by atoms with van der Waals surface area (Å²) in [5.41, 5.74) is 1.94. The van der Waals surface area contributed by atoms with Gasteiger partial charge in [0, 0.05) is 12.1 Å². The Morgan fingerprint density at radius 3 is 1.83 bits per heavy atom. The summed E-state index contributed by atoms with van der Waals surface area (Å²) in [7, 11) is 0. The van der Waals surface area contributed by atoms with Crippen molar-refractivity contribution in [3.05, 3.63) is 59.7 Å². The van der Waals surface area contributed by atoms with E-state index in [-0.39, 0.29) is 11.5 Å². The van der Waals surface area contributed by atoms with Gasteiger partial charge in [-0.15, -0.1) is 0 Å². The van der Waals surface area contributed by atoms with Crippen LogP contribution in [0.15, 0.2) is 58.8 Å². The van der Waals surface area contributed by atoms with Crippen LogP contribution < -0.4 is 5.32 Å². The first kappa shape index (κ1) is 16.4. The van der Waals surface area contributed by atoms with Gasteiger partial charge in [0.1, 0.15) is 0 Å². The van der Waals surface area contributed by atoms with Crippen LogP contribution >= 0.6 is 0 Å². The quantitative estimate of drug-likeness (QED) is 0.791. The Labute approximate surface area is 133 Å². The molecule has 2 rings (SSSR count). The maximum absolute atomic E-state index is 11.8. The molecule has 0 bridgehead atoms. The lowest BCUT2D eigenvalue weighted by molar-refractivity contribution is 0.0696. The van der Waals surface area contributed by atoms with E-state index in [0.29, 0.717) is 23.5 Å². The van der Waals surface area contributed by atoms with Gasteiger partial charge >= 0.3 is 5.97 Å². The van der Waals surface area contributed by atoms with E-state index in [4.69, 9.17) is 5.11 Å². The Kier molecular flexibility index (Phi) is 5.57. The molecule has 0 saturated carbocycles. The Morgan fingerprint density at radius 2 is 1.39 bits per heavy atom. The predicted molar refractivity (Wildman–Crippen MR) is 86.6 cm³/mol. The Morgan fingerprint density at radius 1 is 0.913 bits per heavy atom. The van der Waals surface area contributed by atoms with E-state index in [2.05, 4.69) is 15.5 Å². The van der Waals surface area contributed by atoms with Crippen molar-refractivity contribution < 1.29 is 14.7 Å². The topological polar surface area (TPSA) is 91.1 Å². The molecule has 2 aromatic rings. The highest BCUT2D eigenvalue weighted by Gasteiger charge is 2.04. The third kappa shape index (κ3) is 4.74. The average molecular weight is 311 g/mol. The molecule has 0 spiro atoms. The standard InChI is InChI=1S/C17H17N3O3/c1-2-11-18-16(21)12-3-7-14(8-4-12)19-20-15-9-5-13(6-10-15)17(22)23/h3-10H,2,11H2,1H3,(H,18,21)(H,22,23)/b20-19+. The molecule has 0 saturated heterocycles.